The predicted molar refractivity (Wildman–Crippen MR) is 120 cm³/mol. The molecule has 2 aliphatic heterocycles. The number of likely N-dealkylation sites (tertiary alicyclic amines) is 1. The van der Waals surface area contributed by atoms with Gasteiger partial charge in [-0.2, -0.15) is 0 Å². The number of nitrogens with zero attached hydrogens (tertiary/aromatic N) is 2. The van der Waals surface area contributed by atoms with Crippen LogP contribution in [0.3, 0.4) is 0 Å². The van der Waals surface area contributed by atoms with Gasteiger partial charge in [-0.05, 0) is 68.5 Å². The number of amides is 2. The molecule has 1 fully saturated rings. The zero-order valence-electron chi connectivity index (χ0n) is 18.1. The van der Waals surface area contributed by atoms with E-state index in [2.05, 4.69) is 35.0 Å². The molecular weight excluding hydrogens is 374 g/mol. The van der Waals surface area contributed by atoms with Gasteiger partial charge in [0.15, 0.2) is 0 Å². The van der Waals surface area contributed by atoms with E-state index in [1.165, 1.54) is 0 Å². The van der Waals surface area contributed by atoms with Crippen LogP contribution in [0.1, 0.15) is 53.5 Å². The van der Waals surface area contributed by atoms with Crippen LogP contribution in [0.2, 0.25) is 0 Å². The summed E-state index contributed by atoms with van der Waals surface area (Å²) < 4.78 is 0. The van der Waals surface area contributed by atoms with E-state index in [1.807, 2.05) is 43.3 Å². The van der Waals surface area contributed by atoms with Crippen LogP contribution in [0.25, 0.3) is 11.1 Å². The van der Waals surface area contributed by atoms with E-state index in [4.69, 9.17) is 0 Å². The molecule has 0 aromatic heterocycles. The molecular formula is C25H31N3O2. The molecule has 0 unspecified atom stereocenters. The van der Waals surface area contributed by atoms with Gasteiger partial charge in [0.1, 0.15) is 0 Å². The lowest BCUT2D eigenvalue weighted by Crippen LogP contribution is -2.46. The number of rotatable bonds is 5. The summed E-state index contributed by atoms with van der Waals surface area (Å²) in [5, 5.41) is 2.82. The molecule has 1 saturated heterocycles. The maximum Gasteiger partial charge on any atom is 0.254 e. The van der Waals surface area contributed by atoms with E-state index < -0.39 is 0 Å². The van der Waals surface area contributed by atoms with Crippen molar-refractivity contribution in [1.29, 1.82) is 0 Å². The van der Waals surface area contributed by atoms with Gasteiger partial charge in [-0.15, -0.1) is 0 Å². The third-order valence-electron chi connectivity index (χ3n) is 6.40. The highest BCUT2D eigenvalue weighted by Crippen LogP contribution is 2.29. The van der Waals surface area contributed by atoms with Crippen molar-refractivity contribution in [3.8, 4) is 11.1 Å². The van der Waals surface area contributed by atoms with Crippen LogP contribution >= 0.6 is 0 Å². The molecule has 2 aromatic carbocycles. The Morgan fingerprint density at radius 3 is 2.50 bits per heavy atom. The van der Waals surface area contributed by atoms with E-state index in [1.54, 1.807) is 0 Å². The zero-order chi connectivity index (χ0) is 21.3. The fourth-order valence-corrected chi connectivity index (χ4v) is 4.60. The molecule has 0 saturated carbocycles. The molecule has 4 rings (SSSR count). The first-order chi connectivity index (χ1) is 14.5. The maximum atomic E-state index is 13.2. The standard InChI is InChI=1S/C25H31N3O2/c1-4-26-24(29)19-7-5-18(6-8-19)20-9-10-23-21(15-20)11-14-28(25(23)30)22-12-13-27(16-22)17(2)3/h5-10,15,17,22H,4,11-14,16H2,1-3H3,(H,26,29)/t22-/m0/s1. The van der Waals surface area contributed by atoms with Gasteiger partial charge in [0, 0.05) is 49.4 Å². The Morgan fingerprint density at radius 1 is 1.10 bits per heavy atom. The Labute approximate surface area is 179 Å². The third kappa shape index (κ3) is 3.99. The molecule has 30 heavy (non-hydrogen) atoms. The van der Waals surface area contributed by atoms with Gasteiger partial charge in [0.05, 0.1) is 0 Å². The highest BCUT2D eigenvalue weighted by molar-refractivity contribution is 5.98. The van der Waals surface area contributed by atoms with Crippen molar-refractivity contribution in [1.82, 2.24) is 15.1 Å². The van der Waals surface area contributed by atoms with Gasteiger partial charge in [-0.3, -0.25) is 14.5 Å². The molecule has 2 aromatic rings. The van der Waals surface area contributed by atoms with E-state index in [9.17, 15) is 9.59 Å². The van der Waals surface area contributed by atoms with Crippen molar-refractivity contribution >= 4 is 11.8 Å². The average molecular weight is 406 g/mol. The molecule has 0 bridgehead atoms. The van der Waals surface area contributed by atoms with Crippen LogP contribution in [0, 0.1) is 0 Å². The van der Waals surface area contributed by atoms with Crippen LogP contribution in [0.15, 0.2) is 42.5 Å². The topological polar surface area (TPSA) is 52.7 Å². The second-order valence-electron chi connectivity index (χ2n) is 8.59. The lowest BCUT2D eigenvalue weighted by atomic mass is 9.93. The molecule has 0 aliphatic carbocycles. The normalized spacial score (nSPS) is 19.3. The number of benzene rings is 2. The molecule has 2 aliphatic rings. The van der Waals surface area contributed by atoms with Gasteiger partial charge in [-0.25, -0.2) is 0 Å². The lowest BCUT2D eigenvalue weighted by Gasteiger charge is -2.34. The first-order valence-corrected chi connectivity index (χ1v) is 11.0. The maximum absolute atomic E-state index is 13.2. The summed E-state index contributed by atoms with van der Waals surface area (Å²) in [7, 11) is 0. The molecule has 1 N–H and O–H groups in total. The Morgan fingerprint density at radius 2 is 1.83 bits per heavy atom. The van der Waals surface area contributed by atoms with E-state index in [0.29, 0.717) is 24.2 Å². The summed E-state index contributed by atoms with van der Waals surface area (Å²) in [5.74, 6) is 0.119. The van der Waals surface area contributed by atoms with Crippen LogP contribution in [0.5, 0.6) is 0 Å². The number of hydrogen-bond acceptors (Lipinski definition) is 3. The largest absolute Gasteiger partial charge is 0.352 e. The van der Waals surface area contributed by atoms with Gasteiger partial charge >= 0.3 is 0 Å². The van der Waals surface area contributed by atoms with E-state index in [0.717, 1.165) is 54.7 Å². The average Bonchev–Trinajstić information content (AvgIpc) is 3.24. The van der Waals surface area contributed by atoms with Crippen molar-refractivity contribution in [2.45, 2.75) is 45.7 Å². The summed E-state index contributed by atoms with van der Waals surface area (Å²) in [6.07, 6.45) is 1.96. The summed E-state index contributed by atoms with van der Waals surface area (Å²) >= 11 is 0. The number of carbonyl (C=O) groups excluding carboxylic acids is 2. The Kier molecular flexibility index (Phi) is 5.91. The molecule has 5 heteroatoms. The van der Waals surface area contributed by atoms with Crippen LogP contribution in [0.4, 0.5) is 0 Å². The highest BCUT2D eigenvalue weighted by atomic mass is 16.2. The third-order valence-corrected chi connectivity index (χ3v) is 6.40. The molecule has 1 atom stereocenters. The quantitative estimate of drug-likeness (QED) is 0.827. The molecule has 158 valence electrons. The predicted octanol–water partition coefficient (Wildman–Crippen LogP) is 3.58. The molecule has 0 radical (unpaired) electrons. The van der Waals surface area contributed by atoms with Crippen LogP contribution < -0.4 is 5.32 Å². The fourth-order valence-electron chi connectivity index (χ4n) is 4.60. The van der Waals surface area contributed by atoms with Gasteiger partial charge in [0.25, 0.3) is 11.8 Å². The van der Waals surface area contributed by atoms with Gasteiger partial charge < -0.3 is 10.2 Å². The second kappa shape index (κ2) is 8.60. The first kappa shape index (κ1) is 20.6. The molecule has 5 nitrogen and oxygen atoms in total. The Balaban J connectivity index is 1.50. The first-order valence-electron chi connectivity index (χ1n) is 11.0. The molecule has 0 spiro atoms. The molecule has 2 amide bonds. The minimum Gasteiger partial charge on any atom is -0.352 e. The Hall–Kier alpha value is -2.66. The van der Waals surface area contributed by atoms with Crippen molar-refractivity contribution in [3.05, 3.63) is 59.2 Å². The summed E-state index contributed by atoms with van der Waals surface area (Å²) in [5.41, 5.74) is 4.77. The highest BCUT2D eigenvalue weighted by Gasteiger charge is 2.34. The summed E-state index contributed by atoms with van der Waals surface area (Å²) in [6, 6.07) is 14.7. The SMILES string of the molecule is CCNC(=O)c1ccc(-c2ccc3c(c2)CCN([C@H]2CCN(C(C)C)C2)C3=O)cc1. The Bertz CT molecular complexity index is 936. The van der Waals surface area contributed by atoms with E-state index in [-0.39, 0.29) is 11.8 Å². The smallest absolute Gasteiger partial charge is 0.254 e. The minimum absolute atomic E-state index is 0.0527. The van der Waals surface area contributed by atoms with Crippen molar-refractivity contribution in [2.75, 3.05) is 26.2 Å². The molecule has 2 heterocycles. The number of hydrogen-bond donors (Lipinski definition) is 1. The van der Waals surface area contributed by atoms with Crippen molar-refractivity contribution < 1.29 is 9.59 Å². The minimum atomic E-state index is -0.0527. The number of nitrogens with one attached hydrogen (secondary N) is 1. The summed E-state index contributed by atoms with van der Waals surface area (Å²) in [6.45, 7) is 9.82. The number of carbonyl (C=O) groups is 2. The monoisotopic (exact) mass is 405 g/mol. The lowest BCUT2D eigenvalue weighted by molar-refractivity contribution is 0.0660. The van der Waals surface area contributed by atoms with Crippen LogP contribution in [-0.2, 0) is 6.42 Å². The van der Waals surface area contributed by atoms with E-state index >= 15 is 0 Å². The van der Waals surface area contributed by atoms with Crippen LogP contribution in [-0.4, -0.2) is 59.9 Å². The van der Waals surface area contributed by atoms with Crippen molar-refractivity contribution in [3.63, 3.8) is 0 Å². The summed E-state index contributed by atoms with van der Waals surface area (Å²) in [4.78, 5) is 29.7. The number of fused-ring (bicyclic) bond motifs is 1. The second-order valence-corrected chi connectivity index (χ2v) is 8.59. The van der Waals surface area contributed by atoms with Gasteiger partial charge in [0.2, 0.25) is 0 Å². The van der Waals surface area contributed by atoms with Crippen molar-refractivity contribution in [2.24, 2.45) is 0 Å². The fraction of sp³-hybridized carbons (Fsp3) is 0.440. The zero-order valence-corrected chi connectivity index (χ0v) is 18.1. The van der Waals surface area contributed by atoms with Gasteiger partial charge in [-0.1, -0.05) is 24.3 Å².